The predicted molar refractivity (Wildman–Crippen MR) is 61.7 cm³/mol. The molecule has 0 spiro atoms. The molecule has 2 nitrogen and oxygen atoms in total. The Labute approximate surface area is 87.8 Å². The van der Waals surface area contributed by atoms with Crippen LogP contribution in [0.1, 0.15) is 56.1 Å². The molecule has 1 aromatic heterocycles. The zero-order chi connectivity index (χ0) is 11.3. The average Bonchev–Trinajstić information content (AvgIpc) is 2.17. The van der Waals surface area contributed by atoms with Crippen molar-refractivity contribution < 1.29 is 0 Å². The number of nitrogens with zero attached hydrogens (tertiary/aromatic N) is 2. The number of hydrogen-bond donors (Lipinski definition) is 0. The molecule has 1 aromatic rings. The molecule has 0 radical (unpaired) electrons. The van der Waals surface area contributed by atoms with Gasteiger partial charge in [-0.25, -0.2) is 0 Å². The second-order valence-corrected chi connectivity index (χ2v) is 3.58. The van der Waals surface area contributed by atoms with E-state index in [2.05, 4.69) is 37.9 Å². The first-order valence-corrected chi connectivity index (χ1v) is 5.34. The van der Waals surface area contributed by atoms with Crippen LogP contribution in [0.25, 0.3) is 0 Å². The molecular weight excluding hydrogens is 172 g/mol. The van der Waals surface area contributed by atoms with Crippen molar-refractivity contribution in [2.24, 2.45) is 0 Å². The summed E-state index contributed by atoms with van der Waals surface area (Å²) in [6, 6.07) is 0. The molecule has 0 atom stereocenters. The van der Waals surface area contributed by atoms with Crippen LogP contribution in [0.2, 0.25) is 0 Å². The van der Waals surface area contributed by atoms with Crippen LogP contribution in [0, 0.1) is 20.8 Å². The van der Waals surface area contributed by atoms with Gasteiger partial charge in [-0.05, 0) is 37.8 Å². The lowest BCUT2D eigenvalue weighted by molar-refractivity contribution is 0.759. The first kappa shape index (κ1) is 13.1. The fraction of sp³-hybridized carbons (Fsp3) is 0.667. The molecule has 0 aliphatic carbocycles. The highest BCUT2D eigenvalue weighted by atomic mass is 15.1. The highest BCUT2D eigenvalue weighted by molar-refractivity contribution is 5.31. The van der Waals surface area contributed by atoms with Crippen molar-refractivity contribution in [1.82, 2.24) is 10.2 Å². The summed E-state index contributed by atoms with van der Waals surface area (Å²) in [5.74, 6) is 0.469. The lowest BCUT2D eigenvalue weighted by Gasteiger charge is -2.10. The quantitative estimate of drug-likeness (QED) is 0.683. The summed E-state index contributed by atoms with van der Waals surface area (Å²) in [5.41, 5.74) is 4.72. The third-order valence-electron chi connectivity index (χ3n) is 2.34. The summed E-state index contributed by atoms with van der Waals surface area (Å²) in [4.78, 5) is 0. The Balaban J connectivity index is 0.000000791. The van der Waals surface area contributed by atoms with Crippen molar-refractivity contribution in [2.75, 3.05) is 0 Å². The largest absolute Gasteiger partial charge is 0.155 e. The maximum atomic E-state index is 4.19. The van der Waals surface area contributed by atoms with Gasteiger partial charge in [-0.3, -0.25) is 0 Å². The minimum absolute atomic E-state index is 0.469. The Kier molecular flexibility index (Phi) is 5.36. The smallest absolute Gasteiger partial charge is 0.0688 e. The fourth-order valence-corrected chi connectivity index (χ4v) is 1.29. The molecule has 0 unspecified atom stereocenters. The highest BCUT2D eigenvalue weighted by Crippen LogP contribution is 2.19. The maximum absolute atomic E-state index is 4.19. The van der Waals surface area contributed by atoms with E-state index in [1.54, 1.807) is 0 Å². The number of hydrogen-bond acceptors (Lipinski definition) is 2. The Bertz CT molecular complexity index is 291. The molecule has 0 fully saturated rings. The summed E-state index contributed by atoms with van der Waals surface area (Å²) < 4.78 is 0. The van der Waals surface area contributed by atoms with Crippen molar-refractivity contribution in [1.29, 1.82) is 0 Å². The van der Waals surface area contributed by atoms with Gasteiger partial charge in [0.1, 0.15) is 0 Å². The van der Waals surface area contributed by atoms with E-state index in [1.807, 2.05) is 20.8 Å². The topological polar surface area (TPSA) is 25.8 Å². The normalized spacial score (nSPS) is 9.71. The lowest BCUT2D eigenvalue weighted by Crippen LogP contribution is -2.03. The molecule has 0 N–H and O–H groups in total. The van der Waals surface area contributed by atoms with Gasteiger partial charge in [0.15, 0.2) is 0 Å². The van der Waals surface area contributed by atoms with Gasteiger partial charge in [0.05, 0.1) is 11.4 Å². The molecule has 80 valence electrons. The van der Waals surface area contributed by atoms with Crippen LogP contribution in [0.5, 0.6) is 0 Å². The van der Waals surface area contributed by atoms with Crippen LogP contribution >= 0.6 is 0 Å². The van der Waals surface area contributed by atoms with Crippen molar-refractivity contribution in [3.8, 4) is 0 Å². The average molecular weight is 194 g/mol. The van der Waals surface area contributed by atoms with Crippen molar-refractivity contribution >= 4 is 0 Å². The van der Waals surface area contributed by atoms with E-state index < -0.39 is 0 Å². The minimum atomic E-state index is 0.469. The second-order valence-electron chi connectivity index (χ2n) is 3.58. The third-order valence-corrected chi connectivity index (χ3v) is 2.34. The van der Waals surface area contributed by atoms with Gasteiger partial charge < -0.3 is 0 Å². The van der Waals surface area contributed by atoms with Crippen molar-refractivity contribution in [2.45, 2.75) is 54.4 Å². The third kappa shape index (κ3) is 2.79. The zero-order valence-corrected chi connectivity index (χ0v) is 10.5. The maximum Gasteiger partial charge on any atom is 0.0688 e. The minimum Gasteiger partial charge on any atom is -0.155 e. The summed E-state index contributed by atoms with van der Waals surface area (Å²) in [5, 5.41) is 8.30. The van der Waals surface area contributed by atoms with E-state index in [-0.39, 0.29) is 0 Å². The lowest BCUT2D eigenvalue weighted by atomic mass is 10.0. The highest BCUT2D eigenvalue weighted by Gasteiger charge is 2.09. The fourth-order valence-electron chi connectivity index (χ4n) is 1.29. The van der Waals surface area contributed by atoms with Crippen LogP contribution in [0.3, 0.4) is 0 Å². The summed E-state index contributed by atoms with van der Waals surface area (Å²) in [7, 11) is 0. The molecule has 0 amide bonds. The second kappa shape index (κ2) is 5.74. The predicted octanol–water partition coefficient (Wildman–Crippen LogP) is 3.55. The number of rotatable bonds is 1. The first-order valence-electron chi connectivity index (χ1n) is 5.34. The zero-order valence-electron chi connectivity index (χ0n) is 10.5. The van der Waals surface area contributed by atoms with E-state index in [4.69, 9.17) is 0 Å². The molecule has 0 saturated heterocycles. The monoisotopic (exact) mass is 194 g/mol. The van der Waals surface area contributed by atoms with E-state index in [9.17, 15) is 0 Å². The summed E-state index contributed by atoms with van der Waals surface area (Å²) in [6.07, 6.45) is 0. The van der Waals surface area contributed by atoms with Crippen molar-refractivity contribution in [3.63, 3.8) is 0 Å². The number of aryl methyl sites for hydroxylation is 1. The van der Waals surface area contributed by atoms with Gasteiger partial charge in [0, 0.05) is 0 Å². The van der Waals surface area contributed by atoms with E-state index in [1.165, 1.54) is 11.1 Å². The van der Waals surface area contributed by atoms with Gasteiger partial charge in [0.25, 0.3) is 0 Å². The van der Waals surface area contributed by atoms with Gasteiger partial charge in [0.2, 0.25) is 0 Å². The molecule has 14 heavy (non-hydrogen) atoms. The van der Waals surface area contributed by atoms with Crippen LogP contribution in [0.15, 0.2) is 0 Å². The van der Waals surface area contributed by atoms with Gasteiger partial charge in [-0.2, -0.15) is 10.2 Å². The van der Waals surface area contributed by atoms with Gasteiger partial charge >= 0.3 is 0 Å². The first-order chi connectivity index (χ1) is 6.54. The molecule has 0 saturated carbocycles. The standard InChI is InChI=1S/C10H16N2.C2H6/c1-6(2)10-8(4)7(3)9(5)11-12-10;1-2/h6H,1-5H3;1-2H3. The summed E-state index contributed by atoms with van der Waals surface area (Å²) >= 11 is 0. The molecule has 0 aromatic carbocycles. The Morgan fingerprint density at radius 3 is 1.79 bits per heavy atom. The Hall–Kier alpha value is -0.920. The van der Waals surface area contributed by atoms with Crippen molar-refractivity contribution in [3.05, 3.63) is 22.5 Å². The molecule has 2 heteroatoms. The van der Waals surface area contributed by atoms with E-state index in [0.29, 0.717) is 5.92 Å². The SMILES string of the molecule is CC.Cc1nnc(C(C)C)c(C)c1C. The number of aromatic nitrogens is 2. The Morgan fingerprint density at radius 1 is 0.857 bits per heavy atom. The molecule has 1 rings (SSSR count). The molecular formula is C12H22N2. The molecule has 0 aliphatic rings. The van der Waals surface area contributed by atoms with E-state index >= 15 is 0 Å². The molecule has 1 heterocycles. The van der Waals surface area contributed by atoms with Crippen LogP contribution in [-0.4, -0.2) is 10.2 Å². The van der Waals surface area contributed by atoms with Crippen LogP contribution in [-0.2, 0) is 0 Å². The molecule has 0 aliphatic heterocycles. The van der Waals surface area contributed by atoms with Gasteiger partial charge in [-0.15, -0.1) is 0 Å². The van der Waals surface area contributed by atoms with Crippen LogP contribution in [0.4, 0.5) is 0 Å². The van der Waals surface area contributed by atoms with Gasteiger partial charge in [-0.1, -0.05) is 27.7 Å². The Morgan fingerprint density at radius 2 is 1.36 bits per heavy atom. The molecule has 0 bridgehead atoms. The van der Waals surface area contributed by atoms with E-state index in [0.717, 1.165) is 11.4 Å². The van der Waals surface area contributed by atoms with Crippen LogP contribution < -0.4 is 0 Å². The summed E-state index contributed by atoms with van der Waals surface area (Å²) in [6.45, 7) is 14.5.